The highest BCUT2D eigenvalue weighted by Gasteiger charge is 2.08. The molecular formula is C8H11NO3. The Labute approximate surface area is 70.5 Å². The number of ketones is 1. The molecule has 1 aliphatic rings. The number of ether oxygens (including phenoxy) is 1. The van der Waals surface area contributed by atoms with Crippen molar-refractivity contribution in [2.24, 2.45) is 0 Å². The number of hydrogen-bond donors (Lipinski definition) is 2. The third-order valence-corrected chi connectivity index (χ3v) is 1.40. The molecule has 4 heteroatoms. The highest BCUT2D eigenvalue weighted by molar-refractivity contribution is 5.92. The number of hydrogen-bond acceptors (Lipinski definition) is 4. The van der Waals surface area contributed by atoms with Gasteiger partial charge in [0.25, 0.3) is 0 Å². The van der Waals surface area contributed by atoms with E-state index in [0.29, 0.717) is 0 Å². The Morgan fingerprint density at radius 1 is 1.83 bits per heavy atom. The molecule has 0 spiro atoms. The van der Waals surface area contributed by atoms with E-state index in [1.165, 1.54) is 19.3 Å². The molecule has 0 amide bonds. The van der Waals surface area contributed by atoms with Gasteiger partial charge in [-0.05, 0) is 19.1 Å². The van der Waals surface area contributed by atoms with Crippen molar-refractivity contribution in [1.29, 1.82) is 0 Å². The number of carbonyl (C=O) groups is 1. The molecule has 2 unspecified atom stereocenters. The summed E-state index contributed by atoms with van der Waals surface area (Å²) in [5.41, 5.74) is 0. The molecule has 0 saturated carbocycles. The second-order valence-corrected chi connectivity index (χ2v) is 2.46. The van der Waals surface area contributed by atoms with Crippen LogP contribution in [0, 0.1) is 0 Å². The van der Waals surface area contributed by atoms with Crippen LogP contribution in [0.2, 0.25) is 0 Å². The molecule has 0 fully saturated rings. The van der Waals surface area contributed by atoms with Crippen molar-refractivity contribution < 1.29 is 14.6 Å². The summed E-state index contributed by atoms with van der Waals surface area (Å²) in [5, 5.41) is 11.6. The van der Waals surface area contributed by atoms with Gasteiger partial charge >= 0.3 is 0 Å². The Morgan fingerprint density at radius 3 is 3.08 bits per heavy atom. The minimum Gasteiger partial charge on any atom is -0.473 e. The van der Waals surface area contributed by atoms with E-state index in [1.807, 2.05) is 0 Å². The van der Waals surface area contributed by atoms with Gasteiger partial charge in [-0.25, -0.2) is 0 Å². The van der Waals surface area contributed by atoms with E-state index >= 15 is 0 Å². The number of carbonyl (C=O) groups excluding carboxylic acids is 1. The monoisotopic (exact) mass is 169 g/mol. The van der Waals surface area contributed by atoms with Crippen molar-refractivity contribution in [3.05, 3.63) is 24.6 Å². The minimum absolute atomic E-state index is 0.285. The van der Waals surface area contributed by atoms with Crippen LogP contribution < -0.4 is 5.32 Å². The Morgan fingerprint density at radius 2 is 2.58 bits per heavy atom. The lowest BCUT2D eigenvalue weighted by molar-refractivity contribution is -0.121. The summed E-state index contributed by atoms with van der Waals surface area (Å²) < 4.78 is 4.97. The second kappa shape index (κ2) is 3.92. The maximum atomic E-state index is 10.9. The maximum Gasteiger partial charge on any atom is 0.188 e. The first-order valence-electron chi connectivity index (χ1n) is 3.67. The molecule has 1 aliphatic heterocycles. The van der Waals surface area contributed by atoms with Crippen molar-refractivity contribution in [1.82, 2.24) is 5.32 Å². The van der Waals surface area contributed by atoms with Gasteiger partial charge < -0.3 is 15.2 Å². The third kappa shape index (κ3) is 2.39. The summed E-state index contributed by atoms with van der Waals surface area (Å²) in [6, 6.07) is 0. The first kappa shape index (κ1) is 8.80. The van der Waals surface area contributed by atoms with Crippen molar-refractivity contribution in [2.45, 2.75) is 19.3 Å². The molecule has 66 valence electrons. The first-order valence-corrected chi connectivity index (χ1v) is 3.67. The van der Waals surface area contributed by atoms with E-state index in [9.17, 15) is 4.79 Å². The molecule has 2 N–H and O–H groups in total. The van der Waals surface area contributed by atoms with Crippen molar-refractivity contribution in [3.8, 4) is 0 Å². The van der Waals surface area contributed by atoms with E-state index in [0.717, 1.165) is 0 Å². The molecule has 1 heterocycles. The molecular weight excluding hydrogens is 158 g/mol. The largest absolute Gasteiger partial charge is 0.473 e. The predicted octanol–water partition coefficient (Wildman–Crippen LogP) is -0.0904. The fraction of sp³-hybridized carbons (Fsp3) is 0.375. The Kier molecular flexibility index (Phi) is 2.88. The van der Waals surface area contributed by atoms with Crippen LogP contribution in [0.15, 0.2) is 24.6 Å². The van der Waals surface area contributed by atoms with Crippen molar-refractivity contribution in [2.75, 3.05) is 0 Å². The van der Waals surface area contributed by atoms with Gasteiger partial charge in [0.2, 0.25) is 0 Å². The van der Waals surface area contributed by atoms with Crippen molar-refractivity contribution >= 4 is 5.78 Å². The normalized spacial score (nSPS) is 23.7. The summed E-state index contributed by atoms with van der Waals surface area (Å²) in [4.78, 5) is 10.9. The summed E-state index contributed by atoms with van der Waals surface area (Å²) in [5.74, 6) is -0.327. The summed E-state index contributed by atoms with van der Waals surface area (Å²) >= 11 is 0. The molecule has 0 aromatic rings. The van der Waals surface area contributed by atoms with Gasteiger partial charge in [0.05, 0.1) is 0 Å². The SMILES string of the molecule is CC(O)C(=O)/C=C/C1NC=CO1. The zero-order valence-corrected chi connectivity index (χ0v) is 6.73. The fourth-order valence-electron chi connectivity index (χ4n) is 0.720. The molecule has 1 rings (SSSR count). The summed E-state index contributed by atoms with van der Waals surface area (Å²) in [6.45, 7) is 1.42. The van der Waals surface area contributed by atoms with E-state index in [4.69, 9.17) is 9.84 Å². The van der Waals surface area contributed by atoms with Crippen LogP contribution >= 0.6 is 0 Å². The average Bonchev–Trinajstić information content (AvgIpc) is 2.51. The van der Waals surface area contributed by atoms with Crippen LogP contribution in [-0.2, 0) is 9.53 Å². The Hall–Kier alpha value is -1.29. The highest BCUT2D eigenvalue weighted by Crippen LogP contribution is 1.98. The van der Waals surface area contributed by atoms with Gasteiger partial charge in [-0.1, -0.05) is 0 Å². The molecule has 0 aliphatic carbocycles. The van der Waals surface area contributed by atoms with Crippen LogP contribution in [0.5, 0.6) is 0 Å². The molecule has 0 aromatic carbocycles. The van der Waals surface area contributed by atoms with Gasteiger partial charge in [0.15, 0.2) is 12.0 Å². The lowest BCUT2D eigenvalue weighted by Gasteiger charge is -2.04. The van der Waals surface area contributed by atoms with Gasteiger partial charge in [0.1, 0.15) is 12.4 Å². The lowest BCUT2D eigenvalue weighted by atomic mass is 10.2. The van der Waals surface area contributed by atoms with Gasteiger partial charge in [-0.15, -0.1) is 0 Å². The molecule has 4 nitrogen and oxygen atoms in total. The van der Waals surface area contributed by atoms with E-state index in [2.05, 4.69) is 5.32 Å². The van der Waals surface area contributed by atoms with E-state index in [-0.39, 0.29) is 12.0 Å². The molecule has 0 saturated heterocycles. The second-order valence-electron chi connectivity index (χ2n) is 2.46. The van der Waals surface area contributed by atoms with Gasteiger partial charge in [-0.2, -0.15) is 0 Å². The quantitative estimate of drug-likeness (QED) is 0.580. The lowest BCUT2D eigenvalue weighted by Crippen LogP contribution is -2.19. The highest BCUT2D eigenvalue weighted by atomic mass is 16.5. The number of aliphatic hydroxyl groups is 1. The molecule has 0 aromatic heterocycles. The first-order chi connectivity index (χ1) is 5.70. The van der Waals surface area contributed by atoms with Crippen LogP contribution in [0.4, 0.5) is 0 Å². The van der Waals surface area contributed by atoms with E-state index < -0.39 is 6.10 Å². The average molecular weight is 169 g/mol. The molecule has 2 atom stereocenters. The van der Waals surface area contributed by atoms with E-state index in [1.54, 1.807) is 12.3 Å². The fourth-order valence-corrected chi connectivity index (χ4v) is 0.720. The number of rotatable bonds is 3. The summed E-state index contributed by atoms with van der Waals surface area (Å²) in [7, 11) is 0. The number of nitrogens with one attached hydrogen (secondary N) is 1. The van der Waals surface area contributed by atoms with Gasteiger partial charge in [0, 0.05) is 6.20 Å². The van der Waals surface area contributed by atoms with Crippen LogP contribution in [-0.4, -0.2) is 23.2 Å². The third-order valence-electron chi connectivity index (χ3n) is 1.40. The Balaban J connectivity index is 2.34. The standard InChI is InChI=1S/C8H11NO3/c1-6(10)7(11)2-3-8-9-4-5-12-8/h2-6,8-10H,1H3/b3-2+. The van der Waals surface area contributed by atoms with Gasteiger partial charge in [-0.3, -0.25) is 4.79 Å². The molecule has 0 bridgehead atoms. The molecule has 12 heavy (non-hydrogen) atoms. The van der Waals surface area contributed by atoms with Crippen LogP contribution in [0.3, 0.4) is 0 Å². The molecule has 0 radical (unpaired) electrons. The topological polar surface area (TPSA) is 58.6 Å². The zero-order valence-electron chi connectivity index (χ0n) is 6.73. The predicted molar refractivity (Wildman–Crippen MR) is 43.0 cm³/mol. The zero-order chi connectivity index (χ0) is 8.97. The Bertz CT molecular complexity index is 212. The van der Waals surface area contributed by atoms with Crippen LogP contribution in [0.1, 0.15) is 6.92 Å². The summed E-state index contributed by atoms with van der Waals surface area (Å²) in [6.07, 6.45) is 4.76. The minimum atomic E-state index is -0.949. The van der Waals surface area contributed by atoms with Crippen LogP contribution in [0.25, 0.3) is 0 Å². The van der Waals surface area contributed by atoms with Crippen molar-refractivity contribution in [3.63, 3.8) is 0 Å². The smallest absolute Gasteiger partial charge is 0.188 e. The maximum absolute atomic E-state index is 10.9. The number of aliphatic hydroxyl groups excluding tert-OH is 1.